The average molecular weight is 283 g/mol. The minimum Gasteiger partial charge on any atom is -0.494 e. The van der Waals surface area contributed by atoms with Gasteiger partial charge in [0.15, 0.2) is 0 Å². The Bertz CT molecular complexity index is 534. The van der Waals surface area contributed by atoms with E-state index in [2.05, 4.69) is 37.3 Å². The summed E-state index contributed by atoms with van der Waals surface area (Å²) in [5, 5.41) is 0. The predicted octanol–water partition coefficient (Wildman–Crippen LogP) is 4.62. The lowest BCUT2D eigenvalue weighted by atomic mass is 10.1. The summed E-state index contributed by atoms with van der Waals surface area (Å²) in [6.45, 7) is 2.96. The number of nitrogen functional groups attached to an aromatic ring is 1. The first-order valence-corrected chi connectivity index (χ1v) is 7.84. The molecule has 0 bridgehead atoms. The van der Waals surface area contributed by atoms with Gasteiger partial charge in [0.2, 0.25) is 0 Å². The maximum Gasteiger partial charge on any atom is 0.119 e. The fourth-order valence-electron chi connectivity index (χ4n) is 2.35. The Kier molecular flexibility index (Phi) is 6.14. The Labute approximate surface area is 127 Å². The third-order valence-electron chi connectivity index (χ3n) is 3.57. The van der Waals surface area contributed by atoms with E-state index in [4.69, 9.17) is 10.5 Å². The van der Waals surface area contributed by atoms with Crippen molar-refractivity contribution in [3.8, 4) is 5.75 Å². The van der Waals surface area contributed by atoms with E-state index in [9.17, 15) is 0 Å². The molecule has 0 amide bonds. The van der Waals surface area contributed by atoms with Crippen LogP contribution in [0.25, 0.3) is 0 Å². The van der Waals surface area contributed by atoms with E-state index in [-0.39, 0.29) is 0 Å². The van der Waals surface area contributed by atoms with Crippen molar-refractivity contribution in [3.05, 3.63) is 59.7 Å². The molecular weight excluding hydrogens is 258 g/mol. The Morgan fingerprint density at radius 1 is 0.905 bits per heavy atom. The second-order valence-electron chi connectivity index (χ2n) is 5.44. The summed E-state index contributed by atoms with van der Waals surface area (Å²) in [6.07, 6.45) is 5.65. The fraction of sp³-hybridized carbons (Fsp3) is 0.368. The van der Waals surface area contributed by atoms with Gasteiger partial charge in [-0.25, -0.2) is 0 Å². The summed E-state index contributed by atoms with van der Waals surface area (Å²) in [7, 11) is 0. The van der Waals surface area contributed by atoms with E-state index in [1.807, 2.05) is 18.2 Å². The van der Waals surface area contributed by atoms with E-state index >= 15 is 0 Å². The molecule has 0 heterocycles. The lowest BCUT2D eigenvalue weighted by Gasteiger charge is -2.07. The van der Waals surface area contributed by atoms with Gasteiger partial charge < -0.3 is 10.5 Å². The zero-order chi connectivity index (χ0) is 14.9. The van der Waals surface area contributed by atoms with Gasteiger partial charge in [-0.05, 0) is 61.1 Å². The van der Waals surface area contributed by atoms with Gasteiger partial charge in [-0.3, -0.25) is 0 Å². The predicted molar refractivity (Wildman–Crippen MR) is 89.7 cm³/mol. The molecule has 0 saturated carbocycles. The first kappa shape index (κ1) is 15.4. The molecular formula is C19H25NO. The van der Waals surface area contributed by atoms with Crippen LogP contribution in [0.1, 0.15) is 37.3 Å². The largest absolute Gasteiger partial charge is 0.494 e. The van der Waals surface area contributed by atoms with Crippen molar-refractivity contribution in [2.24, 2.45) is 0 Å². The second kappa shape index (κ2) is 8.35. The van der Waals surface area contributed by atoms with Crippen molar-refractivity contribution in [2.75, 3.05) is 12.3 Å². The number of unbranched alkanes of at least 4 members (excludes halogenated alkanes) is 1. The second-order valence-corrected chi connectivity index (χ2v) is 5.44. The van der Waals surface area contributed by atoms with Gasteiger partial charge in [0.1, 0.15) is 5.75 Å². The summed E-state index contributed by atoms with van der Waals surface area (Å²) in [6, 6.07) is 16.5. The number of hydrogen-bond donors (Lipinski definition) is 1. The molecule has 2 nitrogen and oxygen atoms in total. The first-order chi connectivity index (χ1) is 10.3. The Morgan fingerprint density at radius 2 is 1.67 bits per heavy atom. The lowest BCUT2D eigenvalue weighted by Crippen LogP contribution is -2.00. The van der Waals surface area contributed by atoms with E-state index < -0.39 is 0 Å². The highest BCUT2D eigenvalue weighted by Gasteiger charge is 1.98. The van der Waals surface area contributed by atoms with Crippen molar-refractivity contribution >= 4 is 5.69 Å². The highest BCUT2D eigenvalue weighted by Crippen LogP contribution is 2.15. The first-order valence-electron chi connectivity index (χ1n) is 7.84. The van der Waals surface area contributed by atoms with Crippen molar-refractivity contribution in [2.45, 2.75) is 39.0 Å². The monoisotopic (exact) mass is 283 g/mol. The molecule has 2 heteroatoms. The van der Waals surface area contributed by atoms with Gasteiger partial charge >= 0.3 is 0 Å². The average Bonchev–Trinajstić information content (AvgIpc) is 2.51. The quantitative estimate of drug-likeness (QED) is 0.566. The van der Waals surface area contributed by atoms with Crippen LogP contribution in [0, 0.1) is 0 Å². The summed E-state index contributed by atoms with van der Waals surface area (Å²) in [5.41, 5.74) is 9.27. The normalized spacial score (nSPS) is 10.5. The standard InChI is InChI=1S/C19H25NO/c1-2-3-6-16-10-12-19(13-11-16)21-14-5-8-17-7-4-9-18(20)15-17/h4,7,9-13,15H,2-3,5-6,8,14,20H2,1H3. The highest BCUT2D eigenvalue weighted by atomic mass is 16.5. The van der Waals surface area contributed by atoms with Crippen LogP contribution >= 0.6 is 0 Å². The molecule has 112 valence electrons. The zero-order valence-electron chi connectivity index (χ0n) is 12.8. The van der Waals surface area contributed by atoms with E-state index in [0.29, 0.717) is 0 Å². The van der Waals surface area contributed by atoms with Gasteiger partial charge in [-0.2, -0.15) is 0 Å². The maximum absolute atomic E-state index is 5.79. The van der Waals surface area contributed by atoms with E-state index in [1.54, 1.807) is 0 Å². The molecule has 2 aromatic carbocycles. The molecule has 0 aliphatic carbocycles. The third-order valence-corrected chi connectivity index (χ3v) is 3.57. The summed E-state index contributed by atoms with van der Waals surface area (Å²) in [4.78, 5) is 0. The number of nitrogens with two attached hydrogens (primary N) is 1. The van der Waals surface area contributed by atoms with Crippen LogP contribution in [0.4, 0.5) is 5.69 Å². The maximum atomic E-state index is 5.79. The van der Waals surface area contributed by atoms with E-state index in [0.717, 1.165) is 37.3 Å². The summed E-state index contributed by atoms with van der Waals surface area (Å²) >= 11 is 0. The third kappa shape index (κ3) is 5.50. The van der Waals surface area contributed by atoms with Gasteiger partial charge in [0, 0.05) is 5.69 Å². The van der Waals surface area contributed by atoms with Crippen LogP contribution in [-0.2, 0) is 12.8 Å². The molecule has 2 N–H and O–H groups in total. The van der Waals surface area contributed by atoms with Gasteiger partial charge in [-0.15, -0.1) is 0 Å². The van der Waals surface area contributed by atoms with Crippen molar-refractivity contribution < 1.29 is 4.74 Å². The lowest BCUT2D eigenvalue weighted by molar-refractivity contribution is 0.311. The summed E-state index contributed by atoms with van der Waals surface area (Å²) < 4.78 is 5.79. The molecule has 0 spiro atoms. The number of ether oxygens (including phenoxy) is 1. The van der Waals surface area contributed by atoms with E-state index in [1.165, 1.54) is 24.0 Å². The van der Waals surface area contributed by atoms with Crippen LogP contribution < -0.4 is 10.5 Å². The minimum atomic E-state index is 0.739. The molecule has 21 heavy (non-hydrogen) atoms. The van der Waals surface area contributed by atoms with Crippen LogP contribution in [0.3, 0.4) is 0 Å². The smallest absolute Gasteiger partial charge is 0.119 e. The van der Waals surface area contributed by atoms with Crippen molar-refractivity contribution in [3.63, 3.8) is 0 Å². The SMILES string of the molecule is CCCCc1ccc(OCCCc2cccc(N)c2)cc1. The minimum absolute atomic E-state index is 0.739. The number of rotatable bonds is 8. The number of benzene rings is 2. The van der Waals surface area contributed by atoms with Gasteiger partial charge in [-0.1, -0.05) is 37.6 Å². The Hall–Kier alpha value is -1.96. The molecule has 0 radical (unpaired) electrons. The fourth-order valence-corrected chi connectivity index (χ4v) is 2.35. The molecule has 0 fully saturated rings. The molecule has 0 unspecified atom stereocenters. The molecule has 2 aromatic rings. The Morgan fingerprint density at radius 3 is 2.38 bits per heavy atom. The number of hydrogen-bond acceptors (Lipinski definition) is 2. The molecule has 0 atom stereocenters. The summed E-state index contributed by atoms with van der Waals surface area (Å²) in [5.74, 6) is 0.961. The van der Waals surface area contributed by atoms with Crippen LogP contribution in [0.2, 0.25) is 0 Å². The number of aryl methyl sites for hydroxylation is 2. The molecule has 0 aliphatic heterocycles. The number of anilines is 1. The molecule has 0 saturated heterocycles. The van der Waals surface area contributed by atoms with Crippen molar-refractivity contribution in [1.29, 1.82) is 0 Å². The Balaban J connectivity index is 1.71. The van der Waals surface area contributed by atoms with Gasteiger partial charge in [0.05, 0.1) is 6.61 Å². The topological polar surface area (TPSA) is 35.2 Å². The molecule has 0 aromatic heterocycles. The van der Waals surface area contributed by atoms with Crippen LogP contribution in [0.5, 0.6) is 5.75 Å². The van der Waals surface area contributed by atoms with Crippen molar-refractivity contribution in [1.82, 2.24) is 0 Å². The molecule has 0 aliphatic rings. The van der Waals surface area contributed by atoms with Gasteiger partial charge in [0.25, 0.3) is 0 Å². The zero-order valence-corrected chi connectivity index (χ0v) is 12.8. The van der Waals surface area contributed by atoms with Crippen LogP contribution in [-0.4, -0.2) is 6.61 Å². The molecule has 2 rings (SSSR count). The van der Waals surface area contributed by atoms with Crippen LogP contribution in [0.15, 0.2) is 48.5 Å². The highest BCUT2D eigenvalue weighted by molar-refractivity contribution is 5.40.